The highest BCUT2D eigenvalue weighted by molar-refractivity contribution is 6.08. The van der Waals surface area contributed by atoms with Crippen LogP contribution in [0.2, 0.25) is 0 Å². The lowest BCUT2D eigenvalue weighted by Crippen LogP contribution is -2.41. The van der Waals surface area contributed by atoms with Crippen LogP contribution in [-0.4, -0.2) is 28.4 Å². The van der Waals surface area contributed by atoms with Gasteiger partial charge in [0.25, 0.3) is 11.8 Å². The smallest absolute Gasteiger partial charge is 0.270 e. The van der Waals surface area contributed by atoms with Crippen molar-refractivity contribution in [3.05, 3.63) is 90.1 Å². The molecular formula is C24H20N4O3. The van der Waals surface area contributed by atoms with Crippen LogP contribution < -0.4 is 15.6 Å². The van der Waals surface area contributed by atoms with Crippen molar-refractivity contribution < 1.29 is 14.3 Å². The van der Waals surface area contributed by atoms with Crippen molar-refractivity contribution in [3.63, 3.8) is 0 Å². The quantitative estimate of drug-likeness (QED) is 0.487. The number of carbonyl (C=O) groups excluding carboxylic acids is 2. The fraction of sp³-hybridized carbons (Fsp3) is 0.0833. The van der Waals surface area contributed by atoms with Crippen molar-refractivity contribution in [2.45, 2.75) is 6.92 Å². The SMILES string of the molecule is CCOc1ccc(C(=O)NNC(=O)c2cc(-c3ccccn3)nc3ccccc23)cc1. The van der Waals surface area contributed by atoms with Gasteiger partial charge in [-0.3, -0.25) is 25.4 Å². The fourth-order valence-corrected chi connectivity index (χ4v) is 3.13. The summed E-state index contributed by atoms with van der Waals surface area (Å²) in [7, 11) is 0. The van der Waals surface area contributed by atoms with E-state index in [9.17, 15) is 9.59 Å². The van der Waals surface area contributed by atoms with Gasteiger partial charge in [0.15, 0.2) is 0 Å². The Kier molecular flexibility index (Phi) is 5.84. The molecule has 2 aromatic carbocycles. The molecule has 0 aliphatic heterocycles. The van der Waals surface area contributed by atoms with Crippen LogP contribution in [0.3, 0.4) is 0 Å². The molecule has 0 aliphatic rings. The van der Waals surface area contributed by atoms with Gasteiger partial charge in [-0.2, -0.15) is 0 Å². The van der Waals surface area contributed by atoms with Crippen LogP contribution >= 0.6 is 0 Å². The van der Waals surface area contributed by atoms with Crippen LogP contribution in [0, 0.1) is 0 Å². The zero-order valence-corrected chi connectivity index (χ0v) is 16.8. The molecule has 7 heteroatoms. The lowest BCUT2D eigenvalue weighted by molar-refractivity contribution is 0.0847. The van der Waals surface area contributed by atoms with Crippen LogP contribution in [0.4, 0.5) is 0 Å². The highest BCUT2D eigenvalue weighted by Crippen LogP contribution is 2.23. The van der Waals surface area contributed by atoms with Gasteiger partial charge in [0.1, 0.15) is 5.75 Å². The fourth-order valence-electron chi connectivity index (χ4n) is 3.13. The summed E-state index contributed by atoms with van der Waals surface area (Å²) in [5.41, 5.74) is 7.62. The summed E-state index contributed by atoms with van der Waals surface area (Å²) in [4.78, 5) is 34.3. The van der Waals surface area contributed by atoms with Gasteiger partial charge >= 0.3 is 0 Å². The standard InChI is InChI=1S/C24H20N4O3/c1-2-31-17-12-10-16(11-13-17)23(29)27-28-24(30)19-15-22(21-9-5-6-14-25-21)26-20-8-4-3-7-18(19)20/h3-15H,2H2,1H3,(H,27,29)(H,28,30). The number of nitrogens with one attached hydrogen (secondary N) is 2. The number of benzene rings is 2. The number of hydrogen-bond donors (Lipinski definition) is 2. The van der Waals surface area contributed by atoms with E-state index in [4.69, 9.17) is 4.74 Å². The number of para-hydroxylation sites is 1. The first kappa shape index (κ1) is 20.0. The molecule has 2 aromatic heterocycles. The summed E-state index contributed by atoms with van der Waals surface area (Å²) >= 11 is 0. The largest absolute Gasteiger partial charge is 0.494 e. The monoisotopic (exact) mass is 412 g/mol. The lowest BCUT2D eigenvalue weighted by Gasteiger charge is -2.11. The zero-order chi connectivity index (χ0) is 21.6. The van der Waals surface area contributed by atoms with E-state index in [0.717, 1.165) is 0 Å². The van der Waals surface area contributed by atoms with E-state index in [1.807, 2.05) is 49.4 Å². The maximum Gasteiger partial charge on any atom is 0.270 e. The van der Waals surface area contributed by atoms with E-state index < -0.39 is 11.8 Å². The van der Waals surface area contributed by atoms with E-state index in [1.165, 1.54) is 0 Å². The van der Waals surface area contributed by atoms with Gasteiger partial charge in [-0.15, -0.1) is 0 Å². The molecule has 0 bridgehead atoms. The third-order valence-electron chi connectivity index (χ3n) is 4.61. The molecule has 0 fully saturated rings. The third-order valence-corrected chi connectivity index (χ3v) is 4.61. The molecule has 31 heavy (non-hydrogen) atoms. The Morgan fingerprint density at radius 1 is 0.871 bits per heavy atom. The minimum absolute atomic E-state index is 0.387. The Hall–Kier alpha value is -4.26. The van der Waals surface area contributed by atoms with Gasteiger partial charge in [-0.05, 0) is 55.5 Å². The van der Waals surface area contributed by atoms with E-state index in [2.05, 4.69) is 20.8 Å². The average molecular weight is 412 g/mol. The van der Waals surface area contributed by atoms with Crippen LogP contribution in [0.15, 0.2) is 79.0 Å². The van der Waals surface area contributed by atoms with Crippen molar-refractivity contribution in [2.24, 2.45) is 0 Å². The van der Waals surface area contributed by atoms with Crippen LogP contribution in [0.25, 0.3) is 22.3 Å². The molecule has 0 aliphatic carbocycles. The molecular weight excluding hydrogens is 392 g/mol. The summed E-state index contributed by atoms with van der Waals surface area (Å²) in [5.74, 6) is -0.205. The number of fused-ring (bicyclic) bond motifs is 1. The third kappa shape index (κ3) is 4.51. The highest BCUT2D eigenvalue weighted by Gasteiger charge is 2.15. The second-order valence-electron chi connectivity index (χ2n) is 6.65. The number of pyridine rings is 2. The number of nitrogens with zero attached hydrogens (tertiary/aromatic N) is 2. The second-order valence-corrected chi connectivity index (χ2v) is 6.65. The molecule has 0 radical (unpaired) electrons. The summed E-state index contributed by atoms with van der Waals surface area (Å²) in [5, 5.41) is 0.676. The van der Waals surface area contributed by atoms with Crippen molar-refractivity contribution in [2.75, 3.05) is 6.61 Å². The molecule has 7 nitrogen and oxygen atoms in total. The topological polar surface area (TPSA) is 93.2 Å². The number of ether oxygens (including phenoxy) is 1. The van der Waals surface area contributed by atoms with Crippen molar-refractivity contribution >= 4 is 22.7 Å². The summed E-state index contributed by atoms with van der Waals surface area (Å²) in [6.45, 7) is 2.43. The molecule has 0 atom stereocenters. The van der Waals surface area contributed by atoms with E-state index in [1.54, 1.807) is 36.5 Å². The molecule has 0 saturated carbocycles. The van der Waals surface area contributed by atoms with Gasteiger partial charge in [0, 0.05) is 17.1 Å². The first-order valence-electron chi connectivity index (χ1n) is 9.80. The molecule has 2 amide bonds. The van der Waals surface area contributed by atoms with Crippen LogP contribution in [0.5, 0.6) is 5.75 Å². The van der Waals surface area contributed by atoms with Crippen molar-refractivity contribution in [3.8, 4) is 17.1 Å². The Bertz CT molecular complexity index is 1220. The summed E-state index contributed by atoms with van der Waals surface area (Å²) in [6.07, 6.45) is 1.67. The number of aromatic nitrogens is 2. The van der Waals surface area contributed by atoms with Gasteiger partial charge in [0.2, 0.25) is 0 Å². The molecule has 4 aromatic rings. The molecule has 4 rings (SSSR count). The number of hydrogen-bond acceptors (Lipinski definition) is 5. The number of carbonyl (C=O) groups is 2. The number of hydrazine groups is 1. The minimum Gasteiger partial charge on any atom is -0.494 e. The molecule has 2 N–H and O–H groups in total. The van der Waals surface area contributed by atoms with E-state index >= 15 is 0 Å². The molecule has 0 unspecified atom stereocenters. The molecule has 0 spiro atoms. The first-order valence-corrected chi connectivity index (χ1v) is 9.80. The van der Waals surface area contributed by atoms with Crippen molar-refractivity contribution in [1.82, 2.24) is 20.8 Å². The normalized spacial score (nSPS) is 10.5. The molecule has 154 valence electrons. The Labute approximate surface area is 179 Å². The van der Waals surface area contributed by atoms with Crippen LogP contribution in [-0.2, 0) is 0 Å². The van der Waals surface area contributed by atoms with Gasteiger partial charge in [0.05, 0.1) is 29.1 Å². The Morgan fingerprint density at radius 3 is 2.35 bits per heavy atom. The van der Waals surface area contributed by atoms with E-state index in [-0.39, 0.29) is 0 Å². The highest BCUT2D eigenvalue weighted by atomic mass is 16.5. The number of rotatable bonds is 5. The minimum atomic E-state index is -0.449. The van der Waals surface area contributed by atoms with Gasteiger partial charge < -0.3 is 4.74 Å². The molecule has 2 heterocycles. The zero-order valence-electron chi connectivity index (χ0n) is 16.8. The average Bonchev–Trinajstić information content (AvgIpc) is 2.83. The van der Waals surface area contributed by atoms with Gasteiger partial charge in [-0.25, -0.2) is 4.98 Å². The van der Waals surface area contributed by atoms with Crippen LogP contribution in [0.1, 0.15) is 27.6 Å². The second kappa shape index (κ2) is 9.04. The maximum atomic E-state index is 12.9. The predicted octanol–water partition coefficient (Wildman–Crippen LogP) is 3.77. The summed E-state index contributed by atoms with van der Waals surface area (Å²) < 4.78 is 5.37. The maximum absolute atomic E-state index is 12.9. The summed E-state index contributed by atoms with van der Waals surface area (Å²) in [6, 6.07) is 21.2. The Balaban J connectivity index is 1.56. The predicted molar refractivity (Wildman–Crippen MR) is 118 cm³/mol. The Morgan fingerprint density at radius 2 is 1.61 bits per heavy atom. The first-order chi connectivity index (χ1) is 15.2. The lowest BCUT2D eigenvalue weighted by atomic mass is 10.1. The van der Waals surface area contributed by atoms with Crippen molar-refractivity contribution in [1.29, 1.82) is 0 Å². The molecule has 0 saturated heterocycles. The number of amides is 2. The van der Waals surface area contributed by atoms with E-state index in [0.29, 0.717) is 45.8 Å². The van der Waals surface area contributed by atoms with Gasteiger partial charge in [-0.1, -0.05) is 24.3 Å².